The predicted octanol–water partition coefficient (Wildman–Crippen LogP) is 0.781. The molecule has 0 aliphatic carbocycles. The molecule has 126 valence electrons. The van der Waals surface area contributed by atoms with Gasteiger partial charge in [0.1, 0.15) is 5.82 Å². The molecule has 1 saturated heterocycles. The van der Waals surface area contributed by atoms with Crippen LogP contribution in [0.3, 0.4) is 0 Å². The van der Waals surface area contributed by atoms with Crippen molar-refractivity contribution in [2.24, 2.45) is 0 Å². The highest BCUT2D eigenvalue weighted by Crippen LogP contribution is 2.20. The zero-order valence-corrected chi connectivity index (χ0v) is 14.2. The lowest BCUT2D eigenvalue weighted by Gasteiger charge is -2.23. The monoisotopic (exact) mass is 330 g/mol. The van der Waals surface area contributed by atoms with Crippen LogP contribution < -0.4 is 4.72 Å². The van der Waals surface area contributed by atoms with Crippen LogP contribution in [0.25, 0.3) is 0 Å². The molecular formula is C14H26N4O3S. The molecule has 0 radical (unpaired) electrons. The predicted molar refractivity (Wildman–Crippen MR) is 84.7 cm³/mol. The van der Waals surface area contributed by atoms with E-state index < -0.39 is 10.2 Å². The van der Waals surface area contributed by atoms with Crippen molar-refractivity contribution in [1.82, 2.24) is 18.6 Å². The maximum atomic E-state index is 12.3. The number of aromatic nitrogens is 2. The molecule has 8 heteroatoms. The average molecular weight is 330 g/mol. The van der Waals surface area contributed by atoms with Gasteiger partial charge < -0.3 is 9.30 Å². The van der Waals surface area contributed by atoms with Crippen LogP contribution in [-0.2, 0) is 27.9 Å². The third-order valence-corrected chi connectivity index (χ3v) is 5.64. The van der Waals surface area contributed by atoms with Gasteiger partial charge in [-0.15, -0.1) is 0 Å². The van der Waals surface area contributed by atoms with Crippen LogP contribution in [-0.4, -0.2) is 55.1 Å². The summed E-state index contributed by atoms with van der Waals surface area (Å²) in [5.41, 5.74) is 0. The Hall–Kier alpha value is -0.960. The van der Waals surface area contributed by atoms with Crippen molar-refractivity contribution >= 4 is 10.2 Å². The molecule has 1 aliphatic heterocycles. The second-order valence-corrected chi connectivity index (χ2v) is 7.21. The molecule has 0 amide bonds. The van der Waals surface area contributed by atoms with E-state index in [-0.39, 0.29) is 6.04 Å². The Labute approximate surface area is 132 Å². The highest BCUT2D eigenvalue weighted by molar-refractivity contribution is 7.87. The lowest BCUT2D eigenvalue weighted by molar-refractivity contribution is 0.148. The molecule has 0 bridgehead atoms. The van der Waals surface area contributed by atoms with Crippen molar-refractivity contribution in [2.75, 3.05) is 26.8 Å². The first-order valence-electron chi connectivity index (χ1n) is 7.84. The SMILES string of the molecule is CCc1nccn1CCCNS(=O)(=O)N1CCCC1COC. The molecule has 1 aromatic heterocycles. The van der Waals surface area contributed by atoms with Crippen LogP contribution in [0.4, 0.5) is 0 Å². The number of rotatable bonds is 9. The van der Waals surface area contributed by atoms with E-state index in [9.17, 15) is 8.42 Å². The third kappa shape index (κ3) is 4.28. The number of hydrogen-bond acceptors (Lipinski definition) is 4. The summed E-state index contributed by atoms with van der Waals surface area (Å²) in [7, 11) is -1.81. The van der Waals surface area contributed by atoms with Gasteiger partial charge in [0.05, 0.1) is 6.61 Å². The second-order valence-electron chi connectivity index (χ2n) is 5.51. The number of hydrogen-bond donors (Lipinski definition) is 1. The van der Waals surface area contributed by atoms with Gasteiger partial charge in [-0.3, -0.25) is 0 Å². The van der Waals surface area contributed by atoms with E-state index in [0.717, 1.165) is 38.1 Å². The summed E-state index contributed by atoms with van der Waals surface area (Å²) < 4.78 is 36.1. The van der Waals surface area contributed by atoms with Crippen LogP contribution in [0.2, 0.25) is 0 Å². The van der Waals surface area contributed by atoms with Crippen molar-refractivity contribution in [3.63, 3.8) is 0 Å². The minimum atomic E-state index is -3.41. The molecule has 0 spiro atoms. The molecule has 1 aromatic rings. The summed E-state index contributed by atoms with van der Waals surface area (Å²) >= 11 is 0. The number of ether oxygens (including phenoxy) is 1. The molecular weight excluding hydrogens is 304 g/mol. The van der Waals surface area contributed by atoms with Crippen molar-refractivity contribution in [1.29, 1.82) is 0 Å². The number of methoxy groups -OCH3 is 1. The number of nitrogens with one attached hydrogen (secondary N) is 1. The summed E-state index contributed by atoms with van der Waals surface area (Å²) in [6, 6.07) is -0.0390. The molecule has 1 atom stereocenters. The van der Waals surface area contributed by atoms with Crippen molar-refractivity contribution in [3.8, 4) is 0 Å². The summed E-state index contributed by atoms with van der Waals surface area (Å²) in [6.45, 7) is 4.29. The standard InChI is InChI=1S/C14H26N4O3S/c1-3-14-15-8-11-17(14)9-5-7-16-22(19,20)18-10-4-6-13(18)12-21-2/h8,11,13,16H,3-7,9-10,12H2,1-2H3. The smallest absolute Gasteiger partial charge is 0.279 e. The number of nitrogens with zero attached hydrogens (tertiary/aromatic N) is 3. The molecule has 0 aromatic carbocycles. The lowest BCUT2D eigenvalue weighted by Crippen LogP contribution is -2.45. The van der Waals surface area contributed by atoms with Crippen LogP contribution in [0, 0.1) is 0 Å². The van der Waals surface area contributed by atoms with Crippen LogP contribution >= 0.6 is 0 Å². The number of imidazole rings is 1. The van der Waals surface area contributed by atoms with Crippen LogP contribution in [0.15, 0.2) is 12.4 Å². The van der Waals surface area contributed by atoms with Gasteiger partial charge in [-0.1, -0.05) is 6.92 Å². The molecule has 7 nitrogen and oxygen atoms in total. The first kappa shape index (κ1) is 17.4. The molecule has 1 fully saturated rings. The van der Waals surface area contributed by atoms with Gasteiger partial charge in [-0.05, 0) is 19.3 Å². The normalized spacial score (nSPS) is 19.8. The fraction of sp³-hybridized carbons (Fsp3) is 0.786. The first-order valence-corrected chi connectivity index (χ1v) is 9.28. The van der Waals surface area contributed by atoms with Gasteiger partial charge >= 0.3 is 0 Å². The van der Waals surface area contributed by atoms with E-state index in [1.807, 2.05) is 6.20 Å². The van der Waals surface area contributed by atoms with E-state index in [1.54, 1.807) is 13.3 Å². The summed E-state index contributed by atoms with van der Waals surface area (Å²) in [5, 5.41) is 0. The summed E-state index contributed by atoms with van der Waals surface area (Å²) in [6.07, 6.45) is 7.09. The van der Waals surface area contributed by atoms with Gasteiger partial charge in [0.2, 0.25) is 0 Å². The summed E-state index contributed by atoms with van der Waals surface area (Å²) in [5.74, 6) is 1.03. The zero-order valence-electron chi connectivity index (χ0n) is 13.4. The van der Waals surface area contributed by atoms with Crippen LogP contribution in [0.5, 0.6) is 0 Å². The second kappa shape index (κ2) is 8.05. The molecule has 2 rings (SSSR count). The van der Waals surface area contributed by atoms with E-state index in [2.05, 4.69) is 21.2 Å². The van der Waals surface area contributed by atoms with Crippen molar-refractivity contribution < 1.29 is 13.2 Å². The Bertz CT molecular complexity index is 558. The van der Waals surface area contributed by atoms with Gasteiger partial charge in [-0.25, -0.2) is 9.71 Å². The minimum absolute atomic E-state index is 0.0390. The molecule has 1 aliphatic rings. The Morgan fingerprint density at radius 1 is 1.50 bits per heavy atom. The Balaban J connectivity index is 1.80. The Morgan fingerprint density at radius 3 is 3.05 bits per heavy atom. The molecule has 1 N–H and O–H groups in total. The Kier molecular flexibility index (Phi) is 6.37. The van der Waals surface area contributed by atoms with E-state index >= 15 is 0 Å². The highest BCUT2D eigenvalue weighted by Gasteiger charge is 2.33. The summed E-state index contributed by atoms with van der Waals surface area (Å²) in [4.78, 5) is 4.26. The van der Waals surface area contributed by atoms with E-state index in [0.29, 0.717) is 19.7 Å². The highest BCUT2D eigenvalue weighted by atomic mass is 32.2. The van der Waals surface area contributed by atoms with Gasteiger partial charge in [0, 0.05) is 51.6 Å². The molecule has 1 unspecified atom stereocenters. The largest absolute Gasteiger partial charge is 0.383 e. The Morgan fingerprint density at radius 2 is 2.32 bits per heavy atom. The molecule has 22 heavy (non-hydrogen) atoms. The molecule has 2 heterocycles. The van der Waals surface area contributed by atoms with Gasteiger partial charge in [0.15, 0.2) is 0 Å². The van der Waals surface area contributed by atoms with Crippen molar-refractivity contribution in [3.05, 3.63) is 18.2 Å². The minimum Gasteiger partial charge on any atom is -0.383 e. The maximum absolute atomic E-state index is 12.3. The quantitative estimate of drug-likeness (QED) is 0.679. The van der Waals surface area contributed by atoms with Crippen molar-refractivity contribution in [2.45, 2.75) is 45.2 Å². The first-order chi connectivity index (χ1) is 10.6. The fourth-order valence-electron chi connectivity index (χ4n) is 2.88. The topological polar surface area (TPSA) is 76.5 Å². The third-order valence-electron chi connectivity index (χ3n) is 3.97. The lowest BCUT2D eigenvalue weighted by atomic mass is 10.2. The van der Waals surface area contributed by atoms with Gasteiger partial charge in [0.25, 0.3) is 10.2 Å². The van der Waals surface area contributed by atoms with E-state index in [1.165, 1.54) is 4.31 Å². The maximum Gasteiger partial charge on any atom is 0.279 e. The van der Waals surface area contributed by atoms with Gasteiger partial charge in [-0.2, -0.15) is 12.7 Å². The fourth-order valence-corrected chi connectivity index (χ4v) is 4.37. The van der Waals surface area contributed by atoms with E-state index in [4.69, 9.17) is 4.74 Å². The molecule has 0 saturated carbocycles. The average Bonchev–Trinajstić information content (AvgIpc) is 3.12. The van der Waals surface area contributed by atoms with Crippen LogP contribution in [0.1, 0.15) is 32.0 Å². The zero-order chi connectivity index (χ0) is 16.0. The number of aryl methyl sites for hydroxylation is 2.